The van der Waals surface area contributed by atoms with Crippen molar-refractivity contribution in [2.75, 3.05) is 13.3 Å². The fourth-order valence-corrected chi connectivity index (χ4v) is 11.5. The van der Waals surface area contributed by atoms with Crippen molar-refractivity contribution in [3.63, 3.8) is 0 Å². The van der Waals surface area contributed by atoms with Crippen LogP contribution >= 0.6 is 20.8 Å². The summed E-state index contributed by atoms with van der Waals surface area (Å²) in [5.41, 5.74) is 0. The van der Waals surface area contributed by atoms with Gasteiger partial charge in [0.2, 0.25) is 0 Å². The Morgan fingerprint density at radius 2 is 1.19 bits per heavy atom. The van der Waals surface area contributed by atoms with E-state index in [1.54, 1.807) is 0 Å². The van der Waals surface area contributed by atoms with Gasteiger partial charge in [-0.1, -0.05) is 0 Å². The first kappa shape index (κ1) is 23.4. The Morgan fingerprint density at radius 1 is 0.774 bits per heavy atom. The molecule has 0 unspecified atom stereocenters. The molecule has 0 N–H and O–H groups in total. The number of rotatable bonds is 10. The molecule has 0 aliphatic heterocycles. The molecule has 3 aromatic rings. The number of halogens is 1. The van der Waals surface area contributed by atoms with Crippen LogP contribution in [0.25, 0.3) is 0 Å². The van der Waals surface area contributed by atoms with Crippen LogP contribution in [0.5, 0.6) is 0 Å². The first-order chi connectivity index (χ1) is 15.1. The molecule has 162 valence electrons. The molecule has 0 aliphatic rings. The summed E-state index contributed by atoms with van der Waals surface area (Å²) in [6.07, 6.45) is 8.55. The van der Waals surface area contributed by atoms with Crippen LogP contribution < -0.4 is 15.9 Å². The van der Waals surface area contributed by atoms with Gasteiger partial charge in [0.15, 0.2) is 0 Å². The average molecular weight is 497 g/mol. The molecule has 0 spiro atoms. The van der Waals surface area contributed by atoms with Crippen LogP contribution in [0.3, 0.4) is 0 Å². The quantitative estimate of drug-likeness (QED) is 0.146. The number of allylic oxidation sites excluding steroid dienone is 2. The van der Waals surface area contributed by atoms with Crippen molar-refractivity contribution in [3.05, 3.63) is 103 Å². The Hall–Kier alpha value is -2.22. The van der Waals surface area contributed by atoms with Crippen LogP contribution in [-0.2, 0) is 9.53 Å². The van der Waals surface area contributed by atoms with Crippen LogP contribution in [0.1, 0.15) is 25.7 Å². The molecule has 0 aromatic heterocycles. The summed E-state index contributed by atoms with van der Waals surface area (Å²) in [5.74, 6) is -0.143. The summed E-state index contributed by atoms with van der Waals surface area (Å²) < 4.78 is 4.72. The molecule has 0 fully saturated rings. The zero-order chi connectivity index (χ0) is 22.0. The minimum absolute atomic E-state index is 0.143. The van der Waals surface area contributed by atoms with Crippen LogP contribution in [0, 0.1) is 0 Å². The summed E-state index contributed by atoms with van der Waals surface area (Å²) in [7, 11) is 1.44. The second-order valence-corrected chi connectivity index (χ2v) is 16.7. The van der Waals surface area contributed by atoms with Crippen molar-refractivity contribution in [1.82, 2.24) is 0 Å². The Balaban J connectivity index is 1.96. The molecule has 0 atom stereocenters. The first-order valence-electron chi connectivity index (χ1n) is 10.7. The molecular formula is C27H30BrO2P. The molecule has 0 aliphatic carbocycles. The third-order valence-corrected chi connectivity index (χ3v) is 15.7. The van der Waals surface area contributed by atoms with E-state index in [9.17, 15) is 4.79 Å². The van der Waals surface area contributed by atoms with Crippen molar-refractivity contribution in [2.24, 2.45) is 0 Å². The van der Waals surface area contributed by atoms with Gasteiger partial charge in [-0.3, -0.25) is 0 Å². The van der Waals surface area contributed by atoms with Crippen molar-refractivity contribution in [3.8, 4) is 0 Å². The van der Waals surface area contributed by atoms with E-state index in [0.29, 0.717) is 6.42 Å². The zero-order valence-corrected chi connectivity index (χ0v) is 20.5. The average Bonchev–Trinajstić information content (AvgIpc) is 2.85. The Kier molecular flexibility index (Phi) is 8.23. The maximum atomic E-state index is 11.3. The summed E-state index contributed by atoms with van der Waals surface area (Å²) in [6, 6.07) is 32.6. The fraction of sp³-hybridized carbons (Fsp3) is 0.222. The van der Waals surface area contributed by atoms with Gasteiger partial charge < -0.3 is 0 Å². The maximum absolute atomic E-state index is 11.3. The van der Waals surface area contributed by atoms with Gasteiger partial charge >= 0.3 is 194 Å². The zero-order valence-electron chi connectivity index (χ0n) is 18.0. The summed E-state index contributed by atoms with van der Waals surface area (Å²) in [5, 5.41) is 1.17. The normalized spacial score (nSPS) is 12.9. The van der Waals surface area contributed by atoms with E-state index in [1.807, 2.05) is 0 Å². The molecule has 3 rings (SSSR count). The number of benzene rings is 3. The Morgan fingerprint density at radius 3 is 1.61 bits per heavy atom. The fourth-order valence-electron chi connectivity index (χ4n) is 4.07. The van der Waals surface area contributed by atoms with Gasteiger partial charge in [-0.25, -0.2) is 0 Å². The molecule has 2 nitrogen and oxygen atoms in total. The number of hydrogen-bond acceptors (Lipinski definition) is 2. The SMILES string of the molecule is COC(=O)CCC/C=C\CCP(Br)(c1ccccc1)(c1ccccc1)c1ccccc1. The Labute approximate surface area is 194 Å². The van der Waals surface area contributed by atoms with Crippen molar-refractivity contribution >= 4 is 42.7 Å². The molecule has 0 amide bonds. The molecular weight excluding hydrogens is 467 g/mol. The van der Waals surface area contributed by atoms with Crippen LogP contribution in [0.4, 0.5) is 0 Å². The topological polar surface area (TPSA) is 26.3 Å². The molecule has 0 bridgehead atoms. The van der Waals surface area contributed by atoms with E-state index < -0.39 is 5.31 Å². The van der Waals surface area contributed by atoms with Crippen molar-refractivity contribution in [2.45, 2.75) is 25.7 Å². The molecule has 31 heavy (non-hydrogen) atoms. The standard InChI is InChI=1S/C27H30BrO2P/c1-30-27(29)22-14-3-2-4-15-23-31(28,24-16-8-5-9-17-24,25-18-10-6-11-19-25)26-20-12-7-13-21-26/h2,4-13,16-21H,3,14-15,22-23H2,1H3/b4-2-. The third-order valence-electron chi connectivity index (χ3n) is 5.75. The summed E-state index contributed by atoms with van der Waals surface area (Å²) in [4.78, 5) is 11.3. The summed E-state index contributed by atoms with van der Waals surface area (Å²) >= 11 is 4.46. The number of carbonyl (C=O) groups is 1. The molecule has 0 saturated heterocycles. The van der Waals surface area contributed by atoms with Gasteiger partial charge in [-0.2, -0.15) is 0 Å². The number of carbonyl (C=O) groups excluding carboxylic acids is 1. The predicted octanol–water partition coefficient (Wildman–Crippen LogP) is 6.12. The third kappa shape index (κ3) is 5.17. The van der Waals surface area contributed by atoms with Gasteiger partial charge in [-0.15, -0.1) is 0 Å². The molecule has 0 radical (unpaired) electrons. The van der Waals surface area contributed by atoms with Crippen LogP contribution in [0.2, 0.25) is 0 Å². The van der Waals surface area contributed by atoms with Gasteiger partial charge in [0.25, 0.3) is 0 Å². The number of hydrogen-bond donors (Lipinski definition) is 0. The van der Waals surface area contributed by atoms with Gasteiger partial charge in [0, 0.05) is 0 Å². The molecule has 4 heteroatoms. The van der Waals surface area contributed by atoms with E-state index in [1.165, 1.54) is 23.0 Å². The van der Waals surface area contributed by atoms with Crippen LogP contribution in [0.15, 0.2) is 103 Å². The number of esters is 1. The Bertz CT molecular complexity index is 888. The minimum atomic E-state index is -2.84. The molecule has 3 aromatic carbocycles. The number of methoxy groups -OCH3 is 1. The van der Waals surface area contributed by atoms with E-state index in [4.69, 9.17) is 4.74 Å². The van der Waals surface area contributed by atoms with Crippen molar-refractivity contribution in [1.29, 1.82) is 0 Å². The van der Waals surface area contributed by atoms with E-state index in [2.05, 4.69) is 119 Å². The first-order valence-corrected chi connectivity index (χ1v) is 15.1. The van der Waals surface area contributed by atoms with Gasteiger partial charge in [0.1, 0.15) is 0 Å². The molecule has 0 saturated carbocycles. The van der Waals surface area contributed by atoms with E-state index in [0.717, 1.165) is 25.4 Å². The second-order valence-electron chi connectivity index (χ2n) is 7.64. The monoisotopic (exact) mass is 496 g/mol. The second kappa shape index (κ2) is 10.9. The molecule has 0 heterocycles. The number of ether oxygens (including phenoxy) is 1. The summed E-state index contributed by atoms with van der Waals surface area (Å²) in [6.45, 7) is 0. The predicted molar refractivity (Wildman–Crippen MR) is 139 cm³/mol. The van der Waals surface area contributed by atoms with E-state index in [-0.39, 0.29) is 5.97 Å². The van der Waals surface area contributed by atoms with E-state index >= 15 is 0 Å². The van der Waals surface area contributed by atoms with Gasteiger partial charge in [-0.05, 0) is 0 Å². The van der Waals surface area contributed by atoms with Crippen molar-refractivity contribution < 1.29 is 9.53 Å². The van der Waals surface area contributed by atoms with Crippen LogP contribution in [-0.4, -0.2) is 19.2 Å². The number of unbranched alkanes of at least 4 members (excludes halogenated alkanes) is 1. The van der Waals surface area contributed by atoms with Gasteiger partial charge in [0.05, 0.1) is 0 Å².